The third-order valence-corrected chi connectivity index (χ3v) is 6.99. The van der Waals surface area contributed by atoms with Crippen LogP contribution >= 0.6 is 11.6 Å². The minimum absolute atomic E-state index is 0.276. The lowest BCUT2D eigenvalue weighted by Crippen LogP contribution is -2.50. The maximum Gasteiger partial charge on any atom is 0.222 e. The quantitative estimate of drug-likeness (QED) is 0.412. The number of ether oxygens (including phenoxy) is 4. The fourth-order valence-electron chi connectivity index (χ4n) is 4.65. The molecule has 2 saturated heterocycles. The van der Waals surface area contributed by atoms with Crippen LogP contribution in [0.5, 0.6) is 11.5 Å². The highest BCUT2D eigenvalue weighted by molar-refractivity contribution is 6.30. The molecule has 2 heterocycles. The second-order valence-electron chi connectivity index (χ2n) is 9.58. The summed E-state index contributed by atoms with van der Waals surface area (Å²) in [5, 5.41) is 0.641. The number of carbonyl (C=O) groups is 1. The van der Waals surface area contributed by atoms with Gasteiger partial charge in [0.25, 0.3) is 0 Å². The normalized spacial score (nSPS) is 21.3. The van der Waals surface area contributed by atoms with E-state index in [4.69, 9.17) is 30.5 Å². The first-order chi connectivity index (χ1) is 17.5. The summed E-state index contributed by atoms with van der Waals surface area (Å²) in [5.74, 6) is 1.84. The Balaban J connectivity index is 1.25. The highest BCUT2D eigenvalue weighted by Crippen LogP contribution is 2.23. The predicted molar refractivity (Wildman–Crippen MR) is 140 cm³/mol. The van der Waals surface area contributed by atoms with Gasteiger partial charge in [-0.1, -0.05) is 29.8 Å². The van der Waals surface area contributed by atoms with Gasteiger partial charge in [-0.15, -0.1) is 0 Å². The number of halogens is 1. The number of likely N-dealkylation sites (tertiary alicyclic amines) is 1. The Kier molecular flexibility index (Phi) is 9.87. The van der Waals surface area contributed by atoms with Gasteiger partial charge in [0, 0.05) is 51.3 Å². The largest absolute Gasteiger partial charge is 0.494 e. The van der Waals surface area contributed by atoms with Gasteiger partial charge in [0.2, 0.25) is 5.91 Å². The van der Waals surface area contributed by atoms with Crippen molar-refractivity contribution in [3.8, 4) is 11.5 Å². The van der Waals surface area contributed by atoms with E-state index in [1.807, 2.05) is 35.2 Å². The highest BCUT2D eigenvalue weighted by atomic mass is 35.5. The van der Waals surface area contributed by atoms with Crippen LogP contribution in [0.15, 0.2) is 48.5 Å². The van der Waals surface area contributed by atoms with Crippen molar-refractivity contribution in [3.05, 3.63) is 59.1 Å². The zero-order chi connectivity index (χ0) is 25.2. The van der Waals surface area contributed by atoms with E-state index in [0.29, 0.717) is 50.2 Å². The summed E-state index contributed by atoms with van der Waals surface area (Å²) in [5.41, 5.74) is 0.626. The van der Waals surface area contributed by atoms with Gasteiger partial charge >= 0.3 is 0 Å². The lowest BCUT2D eigenvalue weighted by Gasteiger charge is -2.34. The van der Waals surface area contributed by atoms with Crippen LogP contribution in [-0.2, 0) is 20.8 Å². The van der Waals surface area contributed by atoms with Gasteiger partial charge in [0.05, 0.1) is 19.8 Å². The zero-order valence-electron chi connectivity index (χ0n) is 21.1. The van der Waals surface area contributed by atoms with Gasteiger partial charge in [0.1, 0.15) is 23.7 Å². The van der Waals surface area contributed by atoms with Crippen molar-refractivity contribution in [1.82, 2.24) is 9.80 Å². The van der Waals surface area contributed by atoms with Gasteiger partial charge in [-0.2, -0.15) is 0 Å². The summed E-state index contributed by atoms with van der Waals surface area (Å²) in [6.07, 6.45) is 3.66. The van der Waals surface area contributed by atoms with Crippen LogP contribution in [0.1, 0.15) is 31.2 Å². The number of nitrogens with zero attached hydrogens (tertiary/aromatic N) is 2. The second-order valence-corrected chi connectivity index (χ2v) is 10.0. The van der Waals surface area contributed by atoms with Crippen LogP contribution in [-0.4, -0.2) is 81.0 Å². The molecule has 1 atom stereocenters. The Labute approximate surface area is 219 Å². The molecule has 4 rings (SSSR count). The molecule has 0 saturated carbocycles. The van der Waals surface area contributed by atoms with Gasteiger partial charge in [0.15, 0.2) is 0 Å². The molecule has 0 spiro atoms. The van der Waals surface area contributed by atoms with Crippen LogP contribution in [0.3, 0.4) is 0 Å². The summed E-state index contributed by atoms with van der Waals surface area (Å²) in [7, 11) is 1.71. The topological polar surface area (TPSA) is 60.5 Å². The van der Waals surface area contributed by atoms with E-state index in [0.717, 1.165) is 51.2 Å². The van der Waals surface area contributed by atoms with Crippen molar-refractivity contribution < 1.29 is 23.7 Å². The van der Waals surface area contributed by atoms with Crippen LogP contribution in [0, 0.1) is 0 Å². The maximum absolute atomic E-state index is 11.9. The minimum Gasteiger partial charge on any atom is -0.494 e. The first kappa shape index (κ1) is 26.7. The maximum atomic E-state index is 11.9. The summed E-state index contributed by atoms with van der Waals surface area (Å²) >= 11 is 6.09. The number of benzene rings is 2. The third kappa shape index (κ3) is 7.84. The van der Waals surface area contributed by atoms with Crippen molar-refractivity contribution in [1.29, 1.82) is 0 Å². The fourth-order valence-corrected chi connectivity index (χ4v) is 4.83. The number of piperidine rings is 1. The van der Waals surface area contributed by atoms with E-state index in [1.54, 1.807) is 13.2 Å². The molecule has 36 heavy (non-hydrogen) atoms. The van der Waals surface area contributed by atoms with E-state index >= 15 is 0 Å². The number of hydrogen-bond acceptors (Lipinski definition) is 6. The molecule has 2 aromatic rings. The number of carbonyl (C=O) groups excluding carboxylic acids is 1. The van der Waals surface area contributed by atoms with Crippen LogP contribution in [0.4, 0.5) is 0 Å². The highest BCUT2D eigenvalue weighted by Gasteiger charge is 2.36. The first-order valence-electron chi connectivity index (χ1n) is 12.8. The smallest absolute Gasteiger partial charge is 0.222 e. The molecule has 1 amide bonds. The molecule has 0 unspecified atom stereocenters. The van der Waals surface area contributed by atoms with E-state index in [1.165, 1.54) is 5.56 Å². The molecule has 2 aliphatic heterocycles. The Morgan fingerprint density at radius 2 is 1.92 bits per heavy atom. The number of rotatable bonds is 11. The molecule has 0 aliphatic carbocycles. The van der Waals surface area contributed by atoms with Crippen LogP contribution in [0.25, 0.3) is 0 Å². The molecule has 2 aromatic carbocycles. The van der Waals surface area contributed by atoms with E-state index < -0.39 is 5.60 Å². The van der Waals surface area contributed by atoms with Gasteiger partial charge in [-0.3, -0.25) is 9.69 Å². The first-order valence-corrected chi connectivity index (χ1v) is 13.2. The molecular weight excluding hydrogens is 480 g/mol. The summed E-state index contributed by atoms with van der Waals surface area (Å²) in [6, 6.07) is 15.6. The second kappa shape index (κ2) is 13.3. The molecule has 2 aliphatic rings. The summed E-state index contributed by atoms with van der Waals surface area (Å²) < 4.78 is 23.8. The monoisotopic (exact) mass is 516 g/mol. The molecule has 0 radical (unpaired) electrons. The number of methoxy groups -OCH3 is 1. The fraction of sp³-hybridized carbons (Fsp3) is 0.536. The summed E-state index contributed by atoms with van der Waals surface area (Å²) in [4.78, 5) is 16.2. The van der Waals surface area contributed by atoms with Gasteiger partial charge in [-0.25, -0.2) is 0 Å². The molecule has 196 valence electrons. The lowest BCUT2D eigenvalue weighted by atomic mass is 10.1. The Morgan fingerprint density at radius 1 is 1.06 bits per heavy atom. The number of hydrogen-bond donors (Lipinski definition) is 0. The molecule has 0 bridgehead atoms. The van der Waals surface area contributed by atoms with Crippen molar-refractivity contribution in [2.24, 2.45) is 0 Å². The zero-order valence-corrected chi connectivity index (χ0v) is 21.9. The van der Waals surface area contributed by atoms with Crippen molar-refractivity contribution in [3.63, 3.8) is 0 Å². The third-order valence-electron chi connectivity index (χ3n) is 6.75. The molecule has 8 heteroatoms. The van der Waals surface area contributed by atoms with E-state index in [2.05, 4.69) is 17.0 Å². The summed E-state index contributed by atoms with van der Waals surface area (Å²) in [6.45, 7) is 6.03. The average Bonchev–Trinajstić information content (AvgIpc) is 3.10. The van der Waals surface area contributed by atoms with Crippen molar-refractivity contribution in [2.75, 3.05) is 59.7 Å². The van der Waals surface area contributed by atoms with Crippen molar-refractivity contribution >= 4 is 17.5 Å². The molecule has 2 fully saturated rings. The molecule has 0 aromatic heterocycles. The Morgan fingerprint density at radius 3 is 2.69 bits per heavy atom. The molecule has 7 nitrogen and oxygen atoms in total. The van der Waals surface area contributed by atoms with E-state index in [-0.39, 0.29) is 5.91 Å². The molecule has 0 N–H and O–H groups in total. The van der Waals surface area contributed by atoms with Crippen LogP contribution < -0.4 is 9.47 Å². The molecular formula is C28H37ClN2O5. The standard InChI is InChI=1S/C28H37ClN2O5/c1-33-28(22-36-26-7-4-6-24(29)18-26)20-30(15-17-34-21-28)19-23-9-11-25(12-10-23)35-16-5-14-31-13-3-2-8-27(31)32/h4,6-7,9-12,18H,2-3,5,8,13-17,19-22H2,1H3/t28-/m1/s1. The van der Waals surface area contributed by atoms with Crippen molar-refractivity contribution in [2.45, 2.75) is 37.8 Å². The van der Waals surface area contributed by atoms with Crippen LogP contribution in [0.2, 0.25) is 5.02 Å². The Bertz CT molecular complexity index is 973. The van der Waals surface area contributed by atoms with E-state index in [9.17, 15) is 4.79 Å². The number of amides is 1. The lowest BCUT2D eigenvalue weighted by molar-refractivity contribution is -0.133. The SMILES string of the molecule is CO[C@@]1(COc2cccc(Cl)c2)COCCN(Cc2ccc(OCCCN3CCCCC3=O)cc2)C1. The van der Waals surface area contributed by atoms with Gasteiger partial charge < -0.3 is 23.8 Å². The van der Waals surface area contributed by atoms with Gasteiger partial charge in [-0.05, 0) is 55.2 Å². The minimum atomic E-state index is -0.572. The average molecular weight is 517 g/mol. The predicted octanol–water partition coefficient (Wildman–Crippen LogP) is 4.42. The Hall–Kier alpha value is -2.32.